The van der Waals surface area contributed by atoms with E-state index in [0.717, 1.165) is 27.2 Å². The van der Waals surface area contributed by atoms with E-state index in [4.69, 9.17) is 20.5 Å². The van der Waals surface area contributed by atoms with Gasteiger partial charge in [-0.2, -0.15) is 23.5 Å². The summed E-state index contributed by atoms with van der Waals surface area (Å²) in [6, 6.07) is 23.7. The summed E-state index contributed by atoms with van der Waals surface area (Å²) in [7, 11) is 1.40. The van der Waals surface area contributed by atoms with E-state index in [-0.39, 0.29) is 6.61 Å². The summed E-state index contributed by atoms with van der Waals surface area (Å²) in [5.74, 6) is 2.08. The smallest absolute Gasteiger partial charge is 0.475 e. The van der Waals surface area contributed by atoms with Crippen LogP contribution in [0.5, 0.6) is 0 Å². The molecule has 1 atom stereocenters. The molecule has 0 saturated heterocycles. The topological polar surface area (TPSA) is 158 Å². The number of nitrogens with one attached hydrogen (secondary N) is 1. The molecule has 2 amide bonds. The minimum atomic E-state index is -5.08. The van der Waals surface area contributed by atoms with E-state index in [1.165, 1.54) is 13.3 Å². The molecule has 42 heavy (non-hydrogen) atoms. The molecule has 0 fully saturated rings. The second-order valence-corrected chi connectivity index (χ2v) is 8.56. The number of likely N-dealkylation sites (N-methyl/N-ethyl adjacent to an activating group) is 1. The van der Waals surface area contributed by atoms with Crippen LogP contribution in [-0.2, 0) is 20.7 Å². The minimum absolute atomic E-state index is 0.167. The van der Waals surface area contributed by atoms with Crippen LogP contribution in [0.3, 0.4) is 0 Å². The summed E-state index contributed by atoms with van der Waals surface area (Å²) in [6.45, 7) is 1.85. The number of amides is 2. The monoisotopic (exact) mass is 583 g/mol. The highest BCUT2D eigenvalue weighted by Crippen LogP contribution is 2.25. The van der Waals surface area contributed by atoms with Gasteiger partial charge in [-0.25, -0.2) is 14.5 Å². The highest BCUT2D eigenvalue weighted by Gasteiger charge is 2.38. The molecule has 13 heteroatoms. The zero-order valence-corrected chi connectivity index (χ0v) is 22.6. The molecule has 220 valence electrons. The molecule has 0 bridgehead atoms. The molecule has 0 radical (unpaired) electrons. The summed E-state index contributed by atoms with van der Waals surface area (Å²) < 4.78 is 36.7. The van der Waals surface area contributed by atoms with Crippen molar-refractivity contribution in [2.75, 3.05) is 19.0 Å². The van der Waals surface area contributed by atoms with Gasteiger partial charge in [0.2, 0.25) is 0 Å². The zero-order valence-electron chi connectivity index (χ0n) is 22.6. The van der Waals surface area contributed by atoms with Crippen LogP contribution in [0.4, 0.5) is 23.7 Å². The van der Waals surface area contributed by atoms with Gasteiger partial charge in [-0.1, -0.05) is 54.6 Å². The SMILES string of the molecule is CCOC(=O)N(C)C(=O)[C@H](Cc1cccc(C=NN)c1)Nc1ccc(-c2ccccc2C#N)cc1.O=C(O)C(F)(F)F. The molecule has 0 aliphatic carbocycles. The van der Waals surface area contributed by atoms with Crippen LogP contribution >= 0.6 is 0 Å². The maximum absolute atomic E-state index is 13.2. The molecule has 10 nitrogen and oxygen atoms in total. The number of hydrogen-bond acceptors (Lipinski definition) is 8. The largest absolute Gasteiger partial charge is 0.490 e. The van der Waals surface area contributed by atoms with Crippen LogP contribution in [0.2, 0.25) is 0 Å². The fourth-order valence-corrected chi connectivity index (χ4v) is 3.65. The average Bonchev–Trinajstić information content (AvgIpc) is 2.97. The number of hydrogen-bond donors (Lipinski definition) is 3. The number of carboxylic acids is 1. The predicted molar refractivity (Wildman–Crippen MR) is 149 cm³/mol. The van der Waals surface area contributed by atoms with Crippen LogP contribution in [0.15, 0.2) is 77.9 Å². The number of rotatable bonds is 8. The Morgan fingerprint density at radius 3 is 2.33 bits per heavy atom. The summed E-state index contributed by atoms with van der Waals surface area (Å²) >= 11 is 0. The normalized spacial score (nSPS) is 11.4. The van der Waals surface area contributed by atoms with E-state index in [0.29, 0.717) is 17.7 Å². The number of carbonyl (C=O) groups is 3. The molecule has 0 saturated carbocycles. The molecule has 3 rings (SSSR count). The van der Waals surface area contributed by atoms with Crippen molar-refractivity contribution < 1.29 is 37.4 Å². The Bertz CT molecular complexity index is 1450. The number of ether oxygens (including phenoxy) is 1. The number of aliphatic carboxylic acids is 1. The standard InChI is InChI=1S/C27H27N5O3.C2HF3O2/c1-3-35-27(34)32(2)26(33)25(16-19-7-6-8-20(15-19)18-30-29)31-23-13-11-21(12-14-23)24-10-5-4-9-22(24)17-28;3-2(4,5)1(6)7/h4-15,18,25,31H,3,16,29H2,1-2H3;(H,6,7)/t25-;/m0./s1. The highest BCUT2D eigenvalue weighted by atomic mass is 19.4. The van der Waals surface area contributed by atoms with Gasteiger partial charge >= 0.3 is 18.2 Å². The van der Waals surface area contributed by atoms with Gasteiger partial charge in [0, 0.05) is 19.2 Å². The lowest BCUT2D eigenvalue weighted by Crippen LogP contribution is -2.45. The summed E-state index contributed by atoms with van der Waals surface area (Å²) in [5.41, 5.74) is 4.65. The molecule has 4 N–H and O–H groups in total. The fraction of sp³-hybridized carbons (Fsp3) is 0.207. The van der Waals surface area contributed by atoms with Crippen molar-refractivity contribution in [2.45, 2.75) is 25.6 Å². The number of nitrogens with two attached hydrogens (primary N) is 1. The summed E-state index contributed by atoms with van der Waals surface area (Å²) in [4.78, 5) is 35.3. The maximum atomic E-state index is 13.2. The van der Waals surface area contributed by atoms with Gasteiger partial charge in [0.1, 0.15) is 6.04 Å². The first kappa shape index (κ1) is 32.8. The van der Waals surface area contributed by atoms with Crippen molar-refractivity contribution in [3.8, 4) is 17.2 Å². The molecule has 0 aromatic heterocycles. The lowest BCUT2D eigenvalue weighted by Gasteiger charge is -2.24. The van der Waals surface area contributed by atoms with Gasteiger partial charge < -0.3 is 21.0 Å². The Kier molecular flexibility index (Phi) is 12.1. The van der Waals surface area contributed by atoms with E-state index < -0.39 is 30.2 Å². The van der Waals surface area contributed by atoms with E-state index >= 15 is 0 Å². The van der Waals surface area contributed by atoms with Crippen molar-refractivity contribution in [1.82, 2.24) is 4.90 Å². The van der Waals surface area contributed by atoms with Crippen molar-refractivity contribution in [3.63, 3.8) is 0 Å². The number of alkyl halides is 3. The number of carboxylic acid groups (broad SMARTS) is 1. The van der Waals surface area contributed by atoms with Crippen LogP contribution in [0.25, 0.3) is 11.1 Å². The van der Waals surface area contributed by atoms with Crippen LogP contribution < -0.4 is 11.2 Å². The molecule has 0 aliphatic heterocycles. The number of nitrogens with zero attached hydrogens (tertiary/aromatic N) is 3. The van der Waals surface area contributed by atoms with Crippen molar-refractivity contribution in [3.05, 3.63) is 89.5 Å². The Morgan fingerprint density at radius 2 is 1.76 bits per heavy atom. The Morgan fingerprint density at radius 1 is 1.12 bits per heavy atom. The molecule has 0 heterocycles. The first-order valence-corrected chi connectivity index (χ1v) is 12.3. The van der Waals surface area contributed by atoms with E-state index in [2.05, 4.69) is 16.5 Å². The van der Waals surface area contributed by atoms with Gasteiger partial charge in [-0.15, -0.1) is 0 Å². The third-order valence-corrected chi connectivity index (χ3v) is 5.61. The molecule has 3 aromatic carbocycles. The van der Waals surface area contributed by atoms with E-state index in [1.807, 2.05) is 66.7 Å². The van der Waals surface area contributed by atoms with Gasteiger partial charge in [-0.3, -0.25) is 4.79 Å². The van der Waals surface area contributed by atoms with Crippen LogP contribution in [0.1, 0.15) is 23.6 Å². The summed E-state index contributed by atoms with van der Waals surface area (Å²) in [5, 5.41) is 23.3. The van der Waals surface area contributed by atoms with Crippen LogP contribution in [-0.4, -0.2) is 60.1 Å². The second kappa shape index (κ2) is 15.4. The van der Waals surface area contributed by atoms with Gasteiger partial charge in [0.15, 0.2) is 0 Å². The van der Waals surface area contributed by atoms with Gasteiger partial charge in [-0.05, 0) is 47.4 Å². The lowest BCUT2D eigenvalue weighted by molar-refractivity contribution is -0.192. The first-order valence-electron chi connectivity index (χ1n) is 12.3. The lowest BCUT2D eigenvalue weighted by atomic mass is 9.99. The summed E-state index contributed by atoms with van der Waals surface area (Å²) in [6.07, 6.45) is -3.96. The van der Waals surface area contributed by atoms with Crippen molar-refractivity contribution in [2.24, 2.45) is 10.9 Å². The number of carbonyl (C=O) groups excluding carboxylic acids is 2. The molecule has 0 unspecified atom stereocenters. The Labute approximate surface area is 239 Å². The third-order valence-electron chi connectivity index (χ3n) is 5.61. The molecule has 3 aromatic rings. The average molecular weight is 584 g/mol. The Hall–Kier alpha value is -5.38. The number of anilines is 1. The second-order valence-electron chi connectivity index (χ2n) is 8.56. The maximum Gasteiger partial charge on any atom is 0.490 e. The Balaban J connectivity index is 0.000000782. The zero-order chi connectivity index (χ0) is 31.3. The van der Waals surface area contributed by atoms with Crippen LogP contribution in [0, 0.1) is 11.3 Å². The number of nitriles is 1. The molecule has 0 spiro atoms. The fourth-order valence-electron chi connectivity index (χ4n) is 3.65. The molecular weight excluding hydrogens is 555 g/mol. The number of benzene rings is 3. The van der Waals surface area contributed by atoms with Gasteiger partial charge in [0.25, 0.3) is 5.91 Å². The quantitative estimate of drug-likeness (QED) is 0.194. The van der Waals surface area contributed by atoms with Crippen molar-refractivity contribution >= 4 is 29.9 Å². The van der Waals surface area contributed by atoms with Gasteiger partial charge in [0.05, 0.1) is 24.5 Å². The van der Waals surface area contributed by atoms with E-state index in [9.17, 15) is 28.0 Å². The highest BCUT2D eigenvalue weighted by molar-refractivity contribution is 5.96. The number of imide groups is 1. The molecule has 0 aliphatic rings. The first-order chi connectivity index (χ1) is 19.9. The third kappa shape index (κ3) is 9.67. The molecular formula is C29H28F3N5O5. The minimum Gasteiger partial charge on any atom is -0.475 e. The van der Waals surface area contributed by atoms with E-state index in [1.54, 1.807) is 13.0 Å². The number of halogens is 3. The predicted octanol–water partition coefficient (Wildman–Crippen LogP) is 4.79. The van der Waals surface area contributed by atoms with Crippen molar-refractivity contribution in [1.29, 1.82) is 5.26 Å². The number of hydrazone groups is 1.